The van der Waals surface area contributed by atoms with Crippen LogP contribution in [-0.4, -0.2) is 52.0 Å². The molecule has 4 rings (SSSR count). The monoisotopic (exact) mass is 457 g/mol. The molecule has 0 saturated carbocycles. The Morgan fingerprint density at radius 2 is 1.81 bits per heavy atom. The molecule has 1 unspecified atom stereocenters. The van der Waals surface area contributed by atoms with Crippen molar-refractivity contribution in [1.29, 1.82) is 0 Å². The van der Waals surface area contributed by atoms with Crippen molar-refractivity contribution < 1.29 is 9.90 Å². The topological polar surface area (TPSA) is 109 Å². The molecule has 2 fully saturated rings. The van der Waals surface area contributed by atoms with Crippen LogP contribution in [-0.2, 0) is 11.3 Å². The number of rotatable bonds is 5. The zero-order valence-corrected chi connectivity index (χ0v) is 19.0. The summed E-state index contributed by atoms with van der Waals surface area (Å²) in [5, 5.41) is 11.4. The molecule has 1 aromatic heterocycles. The first-order chi connectivity index (χ1) is 15.4. The lowest BCUT2D eigenvalue weighted by Gasteiger charge is -2.38. The zero-order chi connectivity index (χ0) is 22.7. The zero-order valence-electron chi connectivity index (χ0n) is 18.3. The van der Waals surface area contributed by atoms with E-state index >= 15 is 0 Å². The van der Waals surface area contributed by atoms with Crippen LogP contribution in [0.4, 0.5) is 11.5 Å². The number of pyridine rings is 1. The first-order valence-corrected chi connectivity index (χ1v) is 11.7. The number of hydrogen-bond donors (Lipinski definition) is 3. The molecule has 3 heterocycles. The second kappa shape index (κ2) is 10.1. The van der Waals surface area contributed by atoms with Gasteiger partial charge in [-0.25, -0.2) is 4.98 Å². The van der Waals surface area contributed by atoms with Crippen molar-refractivity contribution in [3.8, 4) is 0 Å². The molecule has 0 radical (unpaired) electrons. The molecule has 1 amide bonds. The SMILES string of the molecule is Nc1cc(CN2CCC(C(=O)N3CCC(C(O)c4cc(Cl)ccc4N)CC3)CC2)ccn1. The molecular weight excluding hydrogens is 426 g/mol. The van der Waals surface area contributed by atoms with Crippen molar-refractivity contribution in [2.45, 2.75) is 38.3 Å². The number of nitrogen functional groups attached to an aromatic ring is 2. The number of hydrogen-bond acceptors (Lipinski definition) is 6. The second-order valence-electron chi connectivity index (χ2n) is 9.02. The molecule has 5 N–H and O–H groups in total. The van der Waals surface area contributed by atoms with Gasteiger partial charge in [0.25, 0.3) is 0 Å². The molecule has 0 spiro atoms. The summed E-state index contributed by atoms with van der Waals surface area (Å²) in [4.78, 5) is 21.5. The molecule has 2 saturated heterocycles. The van der Waals surface area contributed by atoms with Crippen LogP contribution in [0.5, 0.6) is 0 Å². The Morgan fingerprint density at radius 1 is 1.09 bits per heavy atom. The van der Waals surface area contributed by atoms with Gasteiger partial charge in [-0.2, -0.15) is 0 Å². The number of aliphatic hydroxyl groups is 1. The Morgan fingerprint density at radius 3 is 2.50 bits per heavy atom. The molecule has 1 atom stereocenters. The molecule has 172 valence electrons. The first-order valence-electron chi connectivity index (χ1n) is 11.3. The Hall–Kier alpha value is -2.35. The summed E-state index contributed by atoms with van der Waals surface area (Å²) < 4.78 is 0. The lowest BCUT2D eigenvalue weighted by atomic mass is 9.86. The van der Waals surface area contributed by atoms with Crippen LogP contribution in [0.25, 0.3) is 0 Å². The van der Waals surface area contributed by atoms with E-state index in [1.807, 2.05) is 17.0 Å². The Labute approximate surface area is 194 Å². The van der Waals surface area contributed by atoms with Crippen molar-refractivity contribution in [3.63, 3.8) is 0 Å². The third kappa shape index (κ3) is 5.34. The van der Waals surface area contributed by atoms with Gasteiger partial charge < -0.3 is 21.5 Å². The van der Waals surface area contributed by atoms with Crippen molar-refractivity contribution in [1.82, 2.24) is 14.8 Å². The maximum Gasteiger partial charge on any atom is 0.225 e. The van der Waals surface area contributed by atoms with E-state index in [1.54, 1.807) is 24.4 Å². The Balaban J connectivity index is 1.25. The van der Waals surface area contributed by atoms with Crippen LogP contribution in [0, 0.1) is 11.8 Å². The summed E-state index contributed by atoms with van der Waals surface area (Å²) in [6.07, 6.45) is 4.36. The number of amides is 1. The molecule has 7 nitrogen and oxygen atoms in total. The van der Waals surface area contributed by atoms with E-state index in [0.717, 1.165) is 50.9 Å². The molecule has 1 aromatic carbocycles. The van der Waals surface area contributed by atoms with Gasteiger partial charge >= 0.3 is 0 Å². The molecule has 2 aliphatic heterocycles. The van der Waals surface area contributed by atoms with Gasteiger partial charge in [-0.3, -0.25) is 9.69 Å². The average molecular weight is 458 g/mol. The minimum Gasteiger partial charge on any atom is -0.398 e. The van der Waals surface area contributed by atoms with Gasteiger partial charge in [0.2, 0.25) is 5.91 Å². The number of anilines is 2. The standard InChI is InChI=1S/C24H32ClN5O2/c25-19-1-2-21(26)20(14-19)23(31)17-6-11-30(12-7-17)24(32)18-4-9-29(10-5-18)15-16-3-8-28-22(27)13-16/h1-3,8,13-14,17-18,23,31H,4-7,9-12,15,26H2,(H2,27,28). The lowest BCUT2D eigenvalue weighted by molar-refractivity contribution is -0.139. The molecular formula is C24H32ClN5O2. The third-order valence-electron chi connectivity index (χ3n) is 6.85. The van der Waals surface area contributed by atoms with E-state index in [1.165, 1.54) is 0 Å². The van der Waals surface area contributed by atoms with Gasteiger partial charge in [0.1, 0.15) is 5.82 Å². The number of halogens is 1. The van der Waals surface area contributed by atoms with Gasteiger partial charge in [-0.15, -0.1) is 0 Å². The van der Waals surface area contributed by atoms with Crippen LogP contribution >= 0.6 is 11.6 Å². The fraction of sp³-hybridized carbons (Fsp3) is 0.500. The quantitative estimate of drug-likeness (QED) is 0.595. The Bertz CT molecular complexity index is 940. The highest BCUT2D eigenvalue weighted by Crippen LogP contribution is 2.35. The maximum atomic E-state index is 13.1. The fourth-order valence-electron chi connectivity index (χ4n) is 4.94. The first kappa shape index (κ1) is 22.8. The van der Waals surface area contributed by atoms with Gasteiger partial charge in [0.15, 0.2) is 0 Å². The van der Waals surface area contributed by atoms with Crippen molar-refractivity contribution in [2.24, 2.45) is 11.8 Å². The number of likely N-dealkylation sites (tertiary alicyclic amines) is 2. The summed E-state index contributed by atoms with van der Waals surface area (Å²) in [6, 6.07) is 9.10. The van der Waals surface area contributed by atoms with Crippen LogP contribution in [0.2, 0.25) is 5.02 Å². The van der Waals surface area contributed by atoms with Gasteiger partial charge in [-0.1, -0.05) is 11.6 Å². The number of nitrogens with two attached hydrogens (primary N) is 2. The summed E-state index contributed by atoms with van der Waals surface area (Å²) in [7, 11) is 0. The van der Waals surface area contributed by atoms with Crippen molar-refractivity contribution in [3.05, 3.63) is 52.7 Å². The number of aromatic nitrogens is 1. The van der Waals surface area contributed by atoms with Crippen LogP contribution in [0.1, 0.15) is 42.9 Å². The van der Waals surface area contributed by atoms with Crippen LogP contribution in [0.15, 0.2) is 36.5 Å². The number of aliphatic hydroxyl groups excluding tert-OH is 1. The molecule has 32 heavy (non-hydrogen) atoms. The fourth-order valence-corrected chi connectivity index (χ4v) is 5.12. The van der Waals surface area contributed by atoms with Gasteiger partial charge in [0.05, 0.1) is 6.10 Å². The highest BCUT2D eigenvalue weighted by molar-refractivity contribution is 6.30. The van der Waals surface area contributed by atoms with Crippen molar-refractivity contribution in [2.75, 3.05) is 37.6 Å². The number of nitrogens with zero attached hydrogens (tertiary/aromatic N) is 3. The molecule has 2 aromatic rings. The molecule has 8 heteroatoms. The van der Waals surface area contributed by atoms with Crippen LogP contribution < -0.4 is 11.5 Å². The smallest absolute Gasteiger partial charge is 0.225 e. The average Bonchev–Trinajstić information content (AvgIpc) is 2.80. The predicted molar refractivity (Wildman–Crippen MR) is 127 cm³/mol. The predicted octanol–water partition coefficient (Wildman–Crippen LogP) is 3.08. The lowest BCUT2D eigenvalue weighted by Crippen LogP contribution is -2.45. The Kier molecular flexibility index (Phi) is 7.18. The largest absolute Gasteiger partial charge is 0.398 e. The van der Waals surface area contributed by atoms with Gasteiger partial charge in [-0.05, 0) is 80.6 Å². The maximum absolute atomic E-state index is 13.1. The highest BCUT2D eigenvalue weighted by atomic mass is 35.5. The summed E-state index contributed by atoms with van der Waals surface area (Å²) in [5.74, 6) is 0.959. The number of carbonyl (C=O) groups is 1. The van der Waals surface area contributed by atoms with E-state index in [2.05, 4.69) is 9.88 Å². The summed E-state index contributed by atoms with van der Waals surface area (Å²) >= 11 is 6.08. The molecule has 2 aliphatic rings. The van der Waals surface area contributed by atoms with Gasteiger partial charge in [0, 0.05) is 48.0 Å². The summed E-state index contributed by atoms with van der Waals surface area (Å²) in [5.41, 5.74) is 14.2. The van der Waals surface area contributed by atoms with E-state index in [4.69, 9.17) is 23.1 Å². The van der Waals surface area contributed by atoms with Crippen LogP contribution in [0.3, 0.4) is 0 Å². The second-order valence-corrected chi connectivity index (χ2v) is 9.46. The third-order valence-corrected chi connectivity index (χ3v) is 7.09. The molecule has 0 aliphatic carbocycles. The minimum atomic E-state index is -0.656. The summed E-state index contributed by atoms with van der Waals surface area (Å²) in [6.45, 7) is 4.00. The minimum absolute atomic E-state index is 0.0782. The number of piperidine rings is 2. The van der Waals surface area contributed by atoms with Crippen molar-refractivity contribution >= 4 is 29.0 Å². The number of carbonyl (C=O) groups excluding carboxylic acids is 1. The van der Waals surface area contributed by atoms with E-state index < -0.39 is 6.10 Å². The normalized spacial score (nSPS) is 19.8. The van der Waals surface area contributed by atoms with E-state index in [0.29, 0.717) is 35.2 Å². The number of benzene rings is 1. The van der Waals surface area contributed by atoms with E-state index in [-0.39, 0.29) is 17.7 Å². The molecule has 0 bridgehead atoms. The highest BCUT2D eigenvalue weighted by Gasteiger charge is 2.33. The van der Waals surface area contributed by atoms with E-state index in [9.17, 15) is 9.90 Å².